The number of rotatable bonds is 8. The third-order valence-electron chi connectivity index (χ3n) is 9.70. The Kier molecular flexibility index (Phi) is 9.18. The molecule has 43 heavy (non-hydrogen) atoms. The van der Waals surface area contributed by atoms with E-state index in [0.717, 1.165) is 45.2 Å². The Hall–Kier alpha value is -3.37. The van der Waals surface area contributed by atoms with Crippen LogP contribution in [0, 0.1) is 0 Å². The number of anilines is 2. The molecule has 2 aliphatic heterocycles. The summed E-state index contributed by atoms with van der Waals surface area (Å²) < 4.78 is 2.27. The van der Waals surface area contributed by atoms with Crippen LogP contribution in [0.25, 0.3) is 0 Å². The van der Waals surface area contributed by atoms with E-state index in [9.17, 15) is 5.11 Å². The molecule has 2 aromatic carbocycles. The molecule has 2 heterocycles. The lowest BCUT2D eigenvalue weighted by molar-refractivity contribution is -0.499. The van der Waals surface area contributed by atoms with Gasteiger partial charge in [0.25, 0.3) is 0 Å². The molecule has 228 valence electrons. The summed E-state index contributed by atoms with van der Waals surface area (Å²) in [5.74, 6) is 0. The van der Waals surface area contributed by atoms with Gasteiger partial charge in [0.1, 0.15) is 13.7 Å². The fourth-order valence-corrected chi connectivity index (χ4v) is 7.56. The number of nitrogens with zero attached hydrogens (tertiary/aromatic N) is 3. The molecule has 1 N–H and O–H groups in total. The van der Waals surface area contributed by atoms with E-state index in [1.54, 1.807) is 0 Å². The highest BCUT2D eigenvalue weighted by atomic mass is 16.3. The average molecular weight is 579 g/mol. The Morgan fingerprint density at radius 1 is 0.721 bits per heavy atom. The second-order valence-electron chi connectivity index (χ2n) is 13.4. The Balaban J connectivity index is 1.57. The largest absolute Gasteiger partial charge is 0.390 e. The Morgan fingerprint density at radius 2 is 1.16 bits per heavy atom. The fourth-order valence-electron chi connectivity index (χ4n) is 7.56. The zero-order valence-electron chi connectivity index (χ0n) is 27.6. The minimum Gasteiger partial charge on any atom is -0.390 e. The normalized spacial score (nSPS) is 23.9. The van der Waals surface area contributed by atoms with Crippen molar-refractivity contribution in [2.75, 3.05) is 43.1 Å². The highest BCUT2D eigenvalue weighted by Gasteiger charge is 2.40. The van der Waals surface area contributed by atoms with Crippen LogP contribution in [-0.4, -0.2) is 48.7 Å². The molecule has 4 nitrogen and oxygen atoms in total. The van der Waals surface area contributed by atoms with Gasteiger partial charge in [0.2, 0.25) is 5.71 Å². The standard InChI is InChI=1S/C39H52N3O/c1-8-25-41-33-19-12-10-17-31(33)38(3,4)35(41)23-21-29-15-14-16-30(37(29)40(7)27-28-43)22-24-36-39(5,6)32-18-11-13-20-34(32)42(36)26-9-2/h10-13,17-24,43H,8-9,14-16,25-28H2,1-7H3/q+1. The first-order valence-corrected chi connectivity index (χ1v) is 16.4. The molecular formula is C39H52N3O+. The van der Waals surface area contributed by atoms with E-state index in [2.05, 4.69) is 136 Å². The molecule has 0 unspecified atom stereocenters. The van der Waals surface area contributed by atoms with Gasteiger partial charge in [-0.2, -0.15) is 0 Å². The molecule has 5 rings (SSSR count). The van der Waals surface area contributed by atoms with Gasteiger partial charge in [0, 0.05) is 57.8 Å². The maximum atomic E-state index is 9.94. The molecule has 0 bridgehead atoms. The van der Waals surface area contributed by atoms with Crippen LogP contribution in [0.1, 0.15) is 84.8 Å². The minimum absolute atomic E-state index is 0.0520. The molecular weight excluding hydrogens is 526 g/mol. The summed E-state index contributed by atoms with van der Waals surface area (Å²) in [6.07, 6.45) is 15.0. The number of fused-ring (bicyclic) bond motifs is 2. The maximum absolute atomic E-state index is 9.94. The third kappa shape index (κ3) is 5.67. The summed E-state index contributed by atoms with van der Waals surface area (Å²) in [4.78, 5) is 5.05. The first-order chi connectivity index (χ1) is 20.7. The van der Waals surface area contributed by atoms with Crippen LogP contribution in [0.2, 0.25) is 0 Å². The lowest BCUT2D eigenvalue weighted by atomic mass is 9.82. The molecule has 1 fully saturated rings. The molecule has 0 radical (unpaired) electrons. The Morgan fingerprint density at radius 3 is 1.58 bits per heavy atom. The van der Waals surface area contributed by atoms with Crippen LogP contribution in [0.5, 0.6) is 0 Å². The van der Waals surface area contributed by atoms with Gasteiger partial charge in [-0.05, 0) is 67.5 Å². The van der Waals surface area contributed by atoms with E-state index in [0.29, 0.717) is 6.54 Å². The predicted octanol–water partition coefficient (Wildman–Crippen LogP) is 8.28. The summed E-state index contributed by atoms with van der Waals surface area (Å²) in [6, 6.07) is 17.8. The van der Waals surface area contributed by atoms with Crippen molar-refractivity contribution in [3.05, 3.63) is 107 Å². The van der Waals surface area contributed by atoms with Crippen molar-refractivity contribution in [1.29, 1.82) is 0 Å². The van der Waals surface area contributed by atoms with Crippen molar-refractivity contribution in [2.24, 2.45) is 0 Å². The minimum atomic E-state index is -0.0520. The van der Waals surface area contributed by atoms with Crippen LogP contribution in [0.4, 0.5) is 11.4 Å². The zero-order valence-corrected chi connectivity index (χ0v) is 27.6. The van der Waals surface area contributed by atoms with E-state index in [4.69, 9.17) is 0 Å². The number of hydrogen-bond donors (Lipinski definition) is 1. The first kappa shape index (κ1) is 31.1. The van der Waals surface area contributed by atoms with E-state index < -0.39 is 0 Å². The van der Waals surface area contributed by atoms with Crippen molar-refractivity contribution >= 4 is 17.1 Å². The van der Waals surface area contributed by atoms with Gasteiger partial charge < -0.3 is 14.9 Å². The summed E-state index contributed by atoms with van der Waals surface area (Å²) in [7, 11) is 2.14. The van der Waals surface area contributed by atoms with Crippen molar-refractivity contribution in [3.8, 4) is 0 Å². The smallest absolute Gasteiger partial charge is 0.206 e. The van der Waals surface area contributed by atoms with Crippen LogP contribution in [0.3, 0.4) is 0 Å². The SMILES string of the molecule is CCCN1/C(=C\C=C2\CCC/C(=C\C=C3\N(CCC)c4ccccc4C3(C)C)C2=[N+](C)CCO)C(C)(C)c2ccccc21. The molecule has 2 aromatic rings. The molecule has 0 amide bonds. The lowest BCUT2D eigenvalue weighted by Gasteiger charge is -2.27. The van der Waals surface area contributed by atoms with Gasteiger partial charge in [0.05, 0.1) is 0 Å². The quantitative estimate of drug-likeness (QED) is 0.320. The van der Waals surface area contributed by atoms with Gasteiger partial charge in [-0.1, -0.05) is 90.1 Å². The predicted molar refractivity (Wildman–Crippen MR) is 184 cm³/mol. The van der Waals surface area contributed by atoms with Crippen molar-refractivity contribution in [2.45, 2.75) is 84.5 Å². The van der Waals surface area contributed by atoms with E-state index in [1.807, 2.05) is 0 Å². The maximum Gasteiger partial charge on any atom is 0.206 e. The molecule has 0 aromatic heterocycles. The van der Waals surface area contributed by atoms with Crippen LogP contribution >= 0.6 is 0 Å². The van der Waals surface area contributed by atoms with Crippen LogP contribution in [-0.2, 0) is 10.8 Å². The molecule has 1 saturated carbocycles. The molecule has 3 aliphatic rings. The summed E-state index contributed by atoms with van der Waals surface area (Å²) in [5.41, 5.74) is 12.1. The summed E-state index contributed by atoms with van der Waals surface area (Å²) >= 11 is 0. The van der Waals surface area contributed by atoms with Gasteiger partial charge in [0.15, 0.2) is 6.54 Å². The molecule has 4 heteroatoms. The molecule has 0 saturated heterocycles. The van der Waals surface area contributed by atoms with Crippen molar-refractivity contribution in [3.63, 3.8) is 0 Å². The van der Waals surface area contributed by atoms with Gasteiger partial charge in [-0.25, -0.2) is 4.58 Å². The highest BCUT2D eigenvalue weighted by Crippen LogP contribution is 2.49. The zero-order chi connectivity index (χ0) is 30.8. The molecule has 1 aliphatic carbocycles. The van der Waals surface area contributed by atoms with E-state index in [1.165, 1.54) is 50.8 Å². The Bertz CT molecular complexity index is 1400. The molecule has 0 atom stereocenters. The number of aliphatic hydroxyl groups is 1. The Labute approximate surface area is 260 Å². The van der Waals surface area contributed by atoms with Crippen molar-refractivity contribution in [1.82, 2.24) is 0 Å². The number of hydrogen-bond acceptors (Lipinski definition) is 3. The van der Waals surface area contributed by atoms with E-state index >= 15 is 0 Å². The summed E-state index contributed by atoms with van der Waals surface area (Å²) in [6.45, 7) is 16.7. The van der Waals surface area contributed by atoms with Crippen molar-refractivity contribution < 1.29 is 9.68 Å². The monoisotopic (exact) mass is 578 g/mol. The first-order valence-electron chi connectivity index (χ1n) is 16.4. The fraction of sp³-hybridized carbons (Fsp3) is 0.462. The second-order valence-corrected chi connectivity index (χ2v) is 13.4. The summed E-state index contributed by atoms with van der Waals surface area (Å²) in [5, 5.41) is 9.94. The number of para-hydroxylation sites is 2. The van der Waals surface area contributed by atoms with Crippen LogP contribution < -0.4 is 9.80 Å². The van der Waals surface area contributed by atoms with Gasteiger partial charge >= 0.3 is 0 Å². The van der Waals surface area contributed by atoms with Crippen LogP contribution in [0.15, 0.2) is 95.4 Å². The lowest BCUT2D eigenvalue weighted by Crippen LogP contribution is -2.28. The third-order valence-corrected chi connectivity index (χ3v) is 9.70. The number of likely N-dealkylation sites (N-methyl/N-ethyl adjacent to an activating group) is 1. The number of allylic oxidation sites excluding steroid dienone is 8. The van der Waals surface area contributed by atoms with Gasteiger partial charge in [-0.3, -0.25) is 0 Å². The second kappa shape index (κ2) is 12.7. The average Bonchev–Trinajstić information content (AvgIpc) is 3.34. The van der Waals surface area contributed by atoms with E-state index in [-0.39, 0.29) is 17.4 Å². The highest BCUT2D eigenvalue weighted by molar-refractivity contribution is 6.10. The topological polar surface area (TPSA) is 29.7 Å². The molecule has 0 spiro atoms. The number of benzene rings is 2. The number of aliphatic hydroxyl groups excluding tert-OH is 1. The van der Waals surface area contributed by atoms with Gasteiger partial charge in [-0.15, -0.1) is 0 Å².